The quantitative estimate of drug-likeness (QED) is 0.333. The number of para-hydroxylation sites is 1. The summed E-state index contributed by atoms with van der Waals surface area (Å²) < 4.78 is 5.49. The van der Waals surface area contributed by atoms with Crippen LogP contribution in [0.2, 0.25) is 0 Å². The predicted molar refractivity (Wildman–Crippen MR) is 159 cm³/mol. The van der Waals surface area contributed by atoms with Gasteiger partial charge in [0.15, 0.2) is 0 Å². The summed E-state index contributed by atoms with van der Waals surface area (Å²) in [6.45, 7) is 13.2. The fourth-order valence-electron chi connectivity index (χ4n) is 4.66. The highest BCUT2D eigenvalue weighted by Gasteiger charge is 2.36. The highest BCUT2D eigenvalue weighted by Crippen LogP contribution is 2.28. The Kier molecular flexibility index (Phi) is 10.1. The smallest absolute Gasteiger partial charge is 0.408 e. The Bertz CT molecular complexity index is 1330. The minimum Gasteiger partial charge on any atom is -0.444 e. The van der Waals surface area contributed by atoms with Gasteiger partial charge in [0.2, 0.25) is 5.91 Å². The summed E-state index contributed by atoms with van der Waals surface area (Å²) in [4.78, 5) is 42.6. The number of amides is 3. The maximum absolute atomic E-state index is 14.3. The van der Waals surface area contributed by atoms with Crippen LogP contribution in [0.15, 0.2) is 72.8 Å². The van der Waals surface area contributed by atoms with Crippen molar-refractivity contribution in [3.05, 3.63) is 101 Å². The highest BCUT2D eigenvalue weighted by molar-refractivity contribution is 5.99. The predicted octanol–water partition coefficient (Wildman–Crippen LogP) is 6.28. The zero-order valence-electron chi connectivity index (χ0n) is 24.6. The first-order valence-electron chi connectivity index (χ1n) is 13.7. The fraction of sp³-hybridized carbons (Fsp3) is 0.364. The molecule has 0 fully saturated rings. The third kappa shape index (κ3) is 8.18. The van der Waals surface area contributed by atoms with Crippen LogP contribution in [0, 0.1) is 20.8 Å². The molecule has 0 aromatic heterocycles. The second kappa shape index (κ2) is 13.3. The molecule has 0 heterocycles. The van der Waals surface area contributed by atoms with Gasteiger partial charge < -0.3 is 20.3 Å². The Labute approximate surface area is 237 Å². The number of nitrogens with zero attached hydrogens (tertiary/aromatic N) is 1. The van der Waals surface area contributed by atoms with Crippen molar-refractivity contribution < 1.29 is 19.1 Å². The number of aryl methyl sites for hydroxylation is 3. The zero-order chi connectivity index (χ0) is 29.4. The number of carbonyl (C=O) groups excluding carboxylic acids is 3. The van der Waals surface area contributed by atoms with Crippen LogP contribution in [0.1, 0.15) is 61.6 Å². The molecule has 3 aromatic carbocycles. The van der Waals surface area contributed by atoms with E-state index in [0.717, 1.165) is 27.8 Å². The first kappa shape index (κ1) is 30.4. The monoisotopic (exact) mass is 543 g/mol. The molecule has 2 atom stereocenters. The largest absolute Gasteiger partial charge is 0.444 e. The second-order valence-electron chi connectivity index (χ2n) is 11.1. The number of benzene rings is 3. The van der Waals surface area contributed by atoms with E-state index >= 15 is 0 Å². The van der Waals surface area contributed by atoms with Crippen LogP contribution >= 0.6 is 0 Å². The number of alkyl carbamates (subject to hydrolysis) is 1. The average Bonchev–Trinajstić information content (AvgIpc) is 2.88. The molecule has 0 radical (unpaired) electrons. The Balaban J connectivity index is 2.04. The number of rotatable bonds is 9. The van der Waals surface area contributed by atoms with E-state index in [1.807, 2.05) is 100 Å². The normalized spacial score (nSPS) is 12.7. The molecular formula is C33H41N3O4. The number of likely N-dealkylation sites (N-methyl/N-ethyl adjacent to an activating group) is 1. The summed E-state index contributed by atoms with van der Waals surface area (Å²) in [7, 11) is 0. The Morgan fingerprint density at radius 1 is 0.875 bits per heavy atom. The summed E-state index contributed by atoms with van der Waals surface area (Å²) in [5.41, 5.74) is 4.42. The molecule has 0 spiro atoms. The van der Waals surface area contributed by atoms with Gasteiger partial charge in [0.25, 0.3) is 5.91 Å². The van der Waals surface area contributed by atoms with Crippen LogP contribution in [0.3, 0.4) is 0 Å². The SMILES string of the molecule is CCN(C(=O)C(Cc1ccccc1)NC(=O)OC(C)(C)C)C(C(=O)Nc1ccccc1C)c1ccc(C)cc1C. The van der Waals surface area contributed by atoms with Gasteiger partial charge >= 0.3 is 6.09 Å². The van der Waals surface area contributed by atoms with E-state index in [4.69, 9.17) is 4.74 Å². The Morgan fingerprint density at radius 3 is 2.12 bits per heavy atom. The topological polar surface area (TPSA) is 87.7 Å². The molecule has 3 amide bonds. The lowest BCUT2D eigenvalue weighted by Crippen LogP contribution is -2.53. The van der Waals surface area contributed by atoms with Gasteiger partial charge in [-0.2, -0.15) is 0 Å². The van der Waals surface area contributed by atoms with Gasteiger partial charge in [-0.05, 0) is 76.8 Å². The molecule has 0 saturated carbocycles. The van der Waals surface area contributed by atoms with Gasteiger partial charge in [0.1, 0.15) is 17.7 Å². The van der Waals surface area contributed by atoms with Crippen LogP contribution in [0.25, 0.3) is 0 Å². The molecule has 3 rings (SSSR count). The number of hydrogen-bond donors (Lipinski definition) is 2. The van der Waals surface area contributed by atoms with E-state index in [1.54, 1.807) is 20.8 Å². The van der Waals surface area contributed by atoms with E-state index in [1.165, 1.54) is 4.90 Å². The van der Waals surface area contributed by atoms with Crippen LogP contribution in [-0.4, -0.2) is 41.0 Å². The van der Waals surface area contributed by atoms with Crippen LogP contribution in [-0.2, 0) is 20.7 Å². The van der Waals surface area contributed by atoms with Crippen molar-refractivity contribution in [2.75, 3.05) is 11.9 Å². The first-order valence-corrected chi connectivity index (χ1v) is 13.7. The number of hydrogen-bond acceptors (Lipinski definition) is 4. The standard InChI is InChI=1S/C33H41N3O4/c1-8-36(31(38)28(21-25-15-10-9-11-16-25)35-32(39)40-33(5,6)7)29(26-19-18-22(2)20-24(26)4)30(37)34-27-17-13-12-14-23(27)3/h9-20,28-29H,8,21H2,1-7H3,(H,34,37)(H,35,39). The average molecular weight is 544 g/mol. The molecule has 2 unspecified atom stereocenters. The summed E-state index contributed by atoms with van der Waals surface area (Å²) in [6, 6.07) is 21.0. The second-order valence-corrected chi connectivity index (χ2v) is 11.1. The molecule has 0 aliphatic rings. The lowest BCUT2D eigenvalue weighted by atomic mass is 9.95. The van der Waals surface area contributed by atoms with E-state index in [9.17, 15) is 14.4 Å². The lowest BCUT2D eigenvalue weighted by Gasteiger charge is -2.34. The van der Waals surface area contributed by atoms with Crippen LogP contribution < -0.4 is 10.6 Å². The lowest BCUT2D eigenvalue weighted by molar-refractivity contribution is -0.140. The summed E-state index contributed by atoms with van der Waals surface area (Å²) >= 11 is 0. The molecule has 0 aliphatic carbocycles. The van der Waals surface area contributed by atoms with Gasteiger partial charge in [-0.1, -0.05) is 72.3 Å². The molecule has 212 valence electrons. The number of nitrogens with one attached hydrogen (secondary N) is 2. The third-order valence-corrected chi connectivity index (χ3v) is 6.58. The van der Waals surface area contributed by atoms with Crippen LogP contribution in [0.5, 0.6) is 0 Å². The van der Waals surface area contributed by atoms with Crippen molar-refractivity contribution in [1.29, 1.82) is 0 Å². The van der Waals surface area contributed by atoms with Crippen molar-refractivity contribution in [3.8, 4) is 0 Å². The van der Waals surface area contributed by atoms with Gasteiger partial charge in [-0.15, -0.1) is 0 Å². The minimum atomic E-state index is -0.947. The highest BCUT2D eigenvalue weighted by atomic mass is 16.6. The molecule has 3 aromatic rings. The van der Waals surface area contributed by atoms with E-state index in [2.05, 4.69) is 10.6 Å². The molecule has 0 saturated heterocycles. The van der Waals surface area contributed by atoms with Gasteiger partial charge in [-0.25, -0.2) is 4.79 Å². The molecule has 7 heteroatoms. The molecule has 7 nitrogen and oxygen atoms in total. The third-order valence-electron chi connectivity index (χ3n) is 6.58. The Morgan fingerprint density at radius 2 is 1.52 bits per heavy atom. The molecular weight excluding hydrogens is 502 g/mol. The van der Waals surface area contributed by atoms with Gasteiger partial charge in [-0.3, -0.25) is 9.59 Å². The molecule has 2 N–H and O–H groups in total. The van der Waals surface area contributed by atoms with E-state index in [-0.39, 0.29) is 24.8 Å². The first-order chi connectivity index (χ1) is 18.9. The maximum Gasteiger partial charge on any atom is 0.408 e. The van der Waals surface area contributed by atoms with Crippen molar-refractivity contribution in [2.24, 2.45) is 0 Å². The molecule has 0 bridgehead atoms. The summed E-state index contributed by atoms with van der Waals surface area (Å²) in [5.74, 6) is -0.700. The summed E-state index contributed by atoms with van der Waals surface area (Å²) in [6.07, 6.45) is -0.445. The molecule has 40 heavy (non-hydrogen) atoms. The maximum atomic E-state index is 14.3. The van der Waals surface area contributed by atoms with Crippen molar-refractivity contribution >= 4 is 23.6 Å². The van der Waals surface area contributed by atoms with Crippen molar-refractivity contribution in [2.45, 2.75) is 72.6 Å². The van der Waals surface area contributed by atoms with Gasteiger partial charge in [0, 0.05) is 18.7 Å². The zero-order valence-corrected chi connectivity index (χ0v) is 24.6. The van der Waals surface area contributed by atoms with Gasteiger partial charge in [0.05, 0.1) is 0 Å². The van der Waals surface area contributed by atoms with Crippen molar-refractivity contribution in [3.63, 3.8) is 0 Å². The number of carbonyl (C=O) groups is 3. The fourth-order valence-corrected chi connectivity index (χ4v) is 4.66. The number of anilines is 1. The van der Waals surface area contributed by atoms with E-state index in [0.29, 0.717) is 5.69 Å². The number of ether oxygens (including phenoxy) is 1. The Hall–Kier alpha value is -4.13. The summed E-state index contributed by atoms with van der Waals surface area (Å²) in [5, 5.41) is 5.82. The van der Waals surface area contributed by atoms with Crippen molar-refractivity contribution in [1.82, 2.24) is 10.2 Å². The van der Waals surface area contributed by atoms with E-state index < -0.39 is 23.8 Å². The molecule has 0 aliphatic heterocycles. The minimum absolute atomic E-state index is 0.244. The van der Waals surface area contributed by atoms with Crippen LogP contribution in [0.4, 0.5) is 10.5 Å².